The van der Waals surface area contributed by atoms with Crippen LogP contribution >= 0.6 is 0 Å². The standard InChI is InChI=1S/C18H32N2O/c19-12-14-6-8-16(9-7-14)18(21)20(17-10-11-17)13-15-4-2-1-3-5-15/h14-17H,1-13,19H2. The number of carbonyl (C=O) groups excluding carboxylic acids is 1. The van der Waals surface area contributed by atoms with Crippen molar-refractivity contribution in [1.82, 2.24) is 4.90 Å². The van der Waals surface area contributed by atoms with Crippen molar-refractivity contribution in [3.8, 4) is 0 Å². The Morgan fingerprint density at radius 2 is 1.52 bits per heavy atom. The number of hydrogen-bond donors (Lipinski definition) is 1. The zero-order chi connectivity index (χ0) is 14.7. The molecule has 3 heteroatoms. The van der Waals surface area contributed by atoms with E-state index in [-0.39, 0.29) is 0 Å². The van der Waals surface area contributed by atoms with Crippen LogP contribution in [-0.2, 0) is 4.79 Å². The second-order valence-corrected chi connectivity index (χ2v) is 7.68. The summed E-state index contributed by atoms with van der Waals surface area (Å²) >= 11 is 0. The van der Waals surface area contributed by atoms with E-state index in [9.17, 15) is 4.79 Å². The fourth-order valence-electron chi connectivity index (χ4n) is 4.33. The van der Waals surface area contributed by atoms with Gasteiger partial charge in [0.15, 0.2) is 0 Å². The van der Waals surface area contributed by atoms with Crippen LogP contribution in [0.1, 0.15) is 70.6 Å². The predicted molar refractivity (Wildman–Crippen MR) is 85.8 cm³/mol. The fourth-order valence-corrected chi connectivity index (χ4v) is 4.33. The Morgan fingerprint density at radius 1 is 0.857 bits per heavy atom. The first-order valence-electron chi connectivity index (χ1n) is 9.28. The molecule has 0 aliphatic heterocycles. The lowest BCUT2D eigenvalue weighted by Gasteiger charge is -2.35. The SMILES string of the molecule is NCC1CCC(C(=O)N(CC2CCCCC2)C2CC2)CC1. The summed E-state index contributed by atoms with van der Waals surface area (Å²) in [5.74, 6) is 2.24. The van der Waals surface area contributed by atoms with E-state index in [1.807, 2.05) is 0 Å². The maximum absolute atomic E-state index is 12.9. The third kappa shape index (κ3) is 4.00. The van der Waals surface area contributed by atoms with Gasteiger partial charge in [-0.25, -0.2) is 0 Å². The normalized spacial score (nSPS) is 31.1. The van der Waals surface area contributed by atoms with Gasteiger partial charge < -0.3 is 10.6 Å². The van der Waals surface area contributed by atoms with E-state index in [0.29, 0.717) is 23.8 Å². The van der Waals surface area contributed by atoms with Gasteiger partial charge in [-0.1, -0.05) is 19.3 Å². The third-order valence-electron chi connectivity index (χ3n) is 5.98. The van der Waals surface area contributed by atoms with Gasteiger partial charge in [-0.3, -0.25) is 4.79 Å². The summed E-state index contributed by atoms with van der Waals surface area (Å²) in [6, 6.07) is 0.589. The summed E-state index contributed by atoms with van der Waals surface area (Å²) in [5, 5.41) is 0. The Labute approximate surface area is 129 Å². The second kappa shape index (κ2) is 7.13. The molecule has 3 rings (SSSR count). The number of rotatable bonds is 5. The van der Waals surface area contributed by atoms with Crippen LogP contribution in [-0.4, -0.2) is 29.9 Å². The smallest absolute Gasteiger partial charge is 0.225 e. The topological polar surface area (TPSA) is 46.3 Å². The lowest BCUT2D eigenvalue weighted by molar-refractivity contribution is -0.138. The Bertz CT molecular complexity index is 339. The number of nitrogens with zero attached hydrogens (tertiary/aromatic N) is 1. The van der Waals surface area contributed by atoms with E-state index in [4.69, 9.17) is 5.73 Å². The van der Waals surface area contributed by atoms with Crippen molar-refractivity contribution < 1.29 is 4.79 Å². The third-order valence-corrected chi connectivity index (χ3v) is 5.98. The van der Waals surface area contributed by atoms with Crippen LogP contribution in [0.15, 0.2) is 0 Å². The monoisotopic (exact) mass is 292 g/mol. The highest BCUT2D eigenvalue weighted by molar-refractivity contribution is 5.79. The first-order chi connectivity index (χ1) is 10.3. The van der Waals surface area contributed by atoms with Gasteiger partial charge in [0.05, 0.1) is 0 Å². The Balaban J connectivity index is 1.54. The zero-order valence-electron chi connectivity index (χ0n) is 13.4. The van der Waals surface area contributed by atoms with E-state index in [1.165, 1.54) is 44.9 Å². The molecule has 0 heterocycles. The number of hydrogen-bond acceptors (Lipinski definition) is 2. The summed E-state index contributed by atoms with van der Waals surface area (Å²) in [6.45, 7) is 1.86. The van der Waals surface area contributed by atoms with Crippen molar-refractivity contribution in [3.05, 3.63) is 0 Å². The molecule has 0 atom stereocenters. The molecule has 3 nitrogen and oxygen atoms in total. The molecule has 0 aromatic heterocycles. The zero-order valence-corrected chi connectivity index (χ0v) is 13.4. The van der Waals surface area contributed by atoms with Crippen molar-refractivity contribution in [2.24, 2.45) is 23.5 Å². The molecule has 0 unspecified atom stereocenters. The van der Waals surface area contributed by atoms with E-state index in [0.717, 1.165) is 44.7 Å². The largest absolute Gasteiger partial charge is 0.339 e. The molecule has 3 aliphatic carbocycles. The number of amides is 1. The quantitative estimate of drug-likeness (QED) is 0.845. The first-order valence-corrected chi connectivity index (χ1v) is 9.28. The van der Waals surface area contributed by atoms with Crippen LogP contribution < -0.4 is 5.73 Å². The van der Waals surface area contributed by atoms with Gasteiger partial charge in [-0.2, -0.15) is 0 Å². The minimum absolute atomic E-state index is 0.303. The van der Waals surface area contributed by atoms with Gasteiger partial charge in [0, 0.05) is 18.5 Å². The molecule has 3 aliphatic rings. The number of nitrogens with two attached hydrogens (primary N) is 1. The molecule has 0 spiro atoms. The summed E-state index contributed by atoms with van der Waals surface area (Å²) < 4.78 is 0. The van der Waals surface area contributed by atoms with Gasteiger partial charge in [0.1, 0.15) is 0 Å². The Morgan fingerprint density at radius 3 is 2.10 bits per heavy atom. The minimum atomic E-state index is 0.303. The van der Waals surface area contributed by atoms with Crippen LogP contribution in [0.4, 0.5) is 0 Å². The maximum Gasteiger partial charge on any atom is 0.225 e. The van der Waals surface area contributed by atoms with Crippen LogP contribution in [0, 0.1) is 17.8 Å². The molecule has 1 amide bonds. The van der Waals surface area contributed by atoms with Crippen LogP contribution in [0.3, 0.4) is 0 Å². The molecule has 0 aromatic rings. The molecule has 21 heavy (non-hydrogen) atoms. The average Bonchev–Trinajstić information content (AvgIpc) is 3.38. The molecular weight excluding hydrogens is 260 g/mol. The van der Waals surface area contributed by atoms with Gasteiger partial charge in [0.2, 0.25) is 5.91 Å². The van der Waals surface area contributed by atoms with Crippen molar-refractivity contribution in [1.29, 1.82) is 0 Å². The molecule has 3 saturated carbocycles. The van der Waals surface area contributed by atoms with Gasteiger partial charge in [-0.05, 0) is 69.7 Å². The summed E-state index contributed by atoms with van der Waals surface area (Å²) in [7, 11) is 0. The maximum atomic E-state index is 12.9. The summed E-state index contributed by atoms with van der Waals surface area (Å²) in [5.41, 5.74) is 5.77. The molecule has 0 radical (unpaired) electrons. The molecule has 0 saturated heterocycles. The van der Waals surface area contributed by atoms with Gasteiger partial charge in [0.25, 0.3) is 0 Å². The van der Waals surface area contributed by atoms with Crippen molar-refractivity contribution in [2.75, 3.05) is 13.1 Å². The highest BCUT2D eigenvalue weighted by Gasteiger charge is 2.38. The van der Waals surface area contributed by atoms with E-state index < -0.39 is 0 Å². The fraction of sp³-hybridized carbons (Fsp3) is 0.944. The van der Waals surface area contributed by atoms with E-state index in [1.54, 1.807) is 0 Å². The van der Waals surface area contributed by atoms with Crippen LogP contribution in [0.25, 0.3) is 0 Å². The lowest BCUT2D eigenvalue weighted by Crippen LogP contribution is -2.42. The van der Waals surface area contributed by atoms with Crippen molar-refractivity contribution in [3.63, 3.8) is 0 Å². The first kappa shape index (κ1) is 15.3. The average molecular weight is 292 g/mol. The minimum Gasteiger partial charge on any atom is -0.339 e. The molecular formula is C18H32N2O. The Kier molecular flexibility index (Phi) is 5.20. The number of carbonyl (C=O) groups is 1. The molecule has 2 N–H and O–H groups in total. The van der Waals surface area contributed by atoms with E-state index in [2.05, 4.69) is 4.90 Å². The highest BCUT2D eigenvalue weighted by atomic mass is 16.2. The summed E-state index contributed by atoms with van der Waals surface area (Å²) in [4.78, 5) is 15.2. The second-order valence-electron chi connectivity index (χ2n) is 7.68. The van der Waals surface area contributed by atoms with Crippen molar-refractivity contribution in [2.45, 2.75) is 76.7 Å². The van der Waals surface area contributed by atoms with Crippen LogP contribution in [0.5, 0.6) is 0 Å². The molecule has 3 fully saturated rings. The predicted octanol–water partition coefficient (Wildman–Crippen LogP) is 3.32. The molecule has 0 bridgehead atoms. The van der Waals surface area contributed by atoms with Crippen molar-refractivity contribution >= 4 is 5.91 Å². The van der Waals surface area contributed by atoms with Gasteiger partial charge in [-0.15, -0.1) is 0 Å². The highest BCUT2D eigenvalue weighted by Crippen LogP contribution is 2.35. The Hall–Kier alpha value is -0.570. The van der Waals surface area contributed by atoms with E-state index >= 15 is 0 Å². The lowest BCUT2D eigenvalue weighted by atomic mass is 9.81. The van der Waals surface area contributed by atoms with Crippen LogP contribution in [0.2, 0.25) is 0 Å². The summed E-state index contributed by atoms with van der Waals surface area (Å²) in [6.07, 6.45) is 13.8. The molecule has 0 aromatic carbocycles. The molecule has 120 valence electrons. The van der Waals surface area contributed by atoms with Gasteiger partial charge >= 0.3 is 0 Å².